The van der Waals surface area contributed by atoms with Gasteiger partial charge in [-0.25, -0.2) is 0 Å². The first-order valence-corrected chi connectivity index (χ1v) is 28.1. The van der Waals surface area contributed by atoms with Crippen molar-refractivity contribution in [2.75, 3.05) is 19.8 Å². The lowest BCUT2D eigenvalue weighted by Gasteiger charge is -2.18. The lowest BCUT2D eigenvalue weighted by Crippen LogP contribution is -2.30. The van der Waals surface area contributed by atoms with Gasteiger partial charge in [0.25, 0.3) is 0 Å². The number of carbonyl (C=O) groups excluding carboxylic acids is 2. The molecule has 386 valence electrons. The van der Waals surface area contributed by atoms with Crippen LogP contribution in [0.15, 0.2) is 122 Å². The van der Waals surface area contributed by atoms with Crippen LogP contribution in [0.3, 0.4) is 0 Å². The Morgan fingerprint density at radius 3 is 1.12 bits per heavy atom. The maximum absolute atomic E-state index is 12.8. The van der Waals surface area contributed by atoms with Crippen molar-refractivity contribution >= 4 is 11.9 Å². The molecule has 0 amide bonds. The summed E-state index contributed by atoms with van der Waals surface area (Å²) in [6.07, 6.45) is 80.8. The van der Waals surface area contributed by atoms with E-state index in [9.17, 15) is 9.59 Å². The summed E-state index contributed by atoms with van der Waals surface area (Å²) in [5, 5.41) is 0. The largest absolute Gasteiger partial charge is 0.462 e. The molecule has 0 aliphatic heterocycles. The van der Waals surface area contributed by atoms with Crippen molar-refractivity contribution in [1.82, 2.24) is 0 Å². The van der Waals surface area contributed by atoms with E-state index in [-0.39, 0.29) is 25.2 Å². The molecule has 0 aromatic carbocycles. The summed E-state index contributed by atoms with van der Waals surface area (Å²) in [7, 11) is 0. The average Bonchev–Trinajstić information content (AvgIpc) is 3.34. The molecular weight excluding hydrogens is 837 g/mol. The van der Waals surface area contributed by atoms with Crippen LogP contribution >= 0.6 is 0 Å². The van der Waals surface area contributed by atoms with E-state index in [2.05, 4.69) is 142 Å². The molecule has 5 nitrogen and oxygen atoms in total. The molecule has 0 rings (SSSR count). The van der Waals surface area contributed by atoms with Crippen LogP contribution in [0.5, 0.6) is 0 Å². The summed E-state index contributed by atoms with van der Waals surface area (Å²) in [4.78, 5) is 25.5. The highest BCUT2D eigenvalue weighted by Gasteiger charge is 2.17. The fourth-order valence-electron chi connectivity index (χ4n) is 7.35. The number of ether oxygens (including phenoxy) is 3. The Labute approximate surface area is 420 Å². The van der Waals surface area contributed by atoms with E-state index in [0.717, 1.165) is 116 Å². The molecule has 0 heterocycles. The van der Waals surface area contributed by atoms with Crippen molar-refractivity contribution in [2.45, 2.75) is 245 Å². The Hall–Kier alpha value is -3.70. The molecule has 0 N–H and O–H groups in total. The van der Waals surface area contributed by atoms with Gasteiger partial charge in [0.1, 0.15) is 6.61 Å². The van der Waals surface area contributed by atoms with Gasteiger partial charge in [0, 0.05) is 19.4 Å². The molecule has 0 radical (unpaired) electrons. The third kappa shape index (κ3) is 54.9. The molecule has 5 heteroatoms. The van der Waals surface area contributed by atoms with Crippen LogP contribution < -0.4 is 0 Å². The Morgan fingerprint density at radius 2 is 0.676 bits per heavy atom. The Kier molecular flexibility index (Phi) is 54.5. The van der Waals surface area contributed by atoms with Gasteiger partial charge in [-0.3, -0.25) is 9.59 Å². The quantitative estimate of drug-likeness (QED) is 0.0345. The smallest absolute Gasteiger partial charge is 0.306 e. The van der Waals surface area contributed by atoms with E-state index < -0.39 is 6.10 Å². The Balaban J connectivity index is 4.43. The SMILES string of the molecule is CC/C=C\C/C=C\C/C=C\C/C=C\C/C=C\CCCC(=O)OCC(COCCCCCCCCCC/C=C\CCCCCCCC)OC(=O)CCCCCC/C=C\C/C=C\C/C=C\C/C=C\CC. The summed E-state index contributed by atoms with van der Waals surface area (Å²) in [6, 6.07) is 0. The van der Waals surface area contributed by atoms with Crippen LogP contribution in [0.1, 0.15) is 239 Å². The van der Waals surface area contributed by atoms with Gasteiger partial charge in [0.15, 0.2) is 6.10 Å². The first-order chi connectivity index (χ1) is 33.6. The average molecular weight is 942 g/mol. The highest BCUT2D eigenvalue weighted by Crippen LogP contribution is 2.13. The standard InChI is InChI=1S/C63H104O5/c1-4-7-10-13-16-19-22-25-28-31-34-37-40-43-46-49-52-55-58-66-59-61(68-63(65)57-54-51-48-45-42-39-36-33-30-27-24-21-18-15-12-9-6-3)60-67-62(64)56-53-50-47-44-41-38-35-32-29-26-23-20-17-14-11-8-5-2/h8-9,11-12,17-18,20-21,25-30,35-36,38-39,44,47,61H,4-7,10,13-16,19,22-24,31-34,37,40-43,45-46,48-60H2,1-3H3/b11-8-,12-9-,20-17-,21-18-,28-25-,29-26-,30-27-,38-35-,39-36-,47-44-. The van der Waals surface area contributed by atoms with Crippen LogP contribution in [-0.4, -0.2) is 37.9 Å². The second kappa shape index (κ2) is 57.6. The Morgan fingerprint density at radius 1 is 0.338 bits per heavy atom. The predicted octanol–water partition coefficient (Wildman–Crippen LogP) is 19.3. The summed E-state index contributed by atoms with van der Waals surface area (Å²) >= 11 is 0. The molecule has 0 aromatic rings. The number of allylic oxidation sites excluding steroid dienone is 20. The van der Waals surface area contributed by atoms with Gasteiger partial charge in [-0.15, -0.1) is 0 Å². The zero-order chi connectivity index (χ0) is 49.2. The fraction of sp³-hybridized carbons (Fsp3) is 0.651. The van der Waals surface area contributed by atoms with E-state index in [1.165, 1.54) is 89.9 Å². The number of hydrogen-bond donors (Lipinski definition) is 0. The third-order valence-electron chi connectivity index (χ3n) is 11.5. The van der Waals surface area contributed by atoms with Crippen molar-refractivity contribution in [1.29, 1.82) is 0 Å². The van der Waals surface area contributed by atoms with Crippen molar-refractivity contribution in [3.63, 3.8) is 0 Å². The van der Waals surface area contributed by atoms with Gasteiger partial charge < -0.3 is 14.2 Å². The number of rotatable bonds is 50. The molecule has 0 fully saturated rings. The number of carbonyl (C=O) groups is 2. The van der Waals surface area contributed by atoms with E-state index in [0.29, 0.717) is 19.4 Å². The van der Waals surface area contributed by atoms with E-state index in [1.54, 1.807) is 0 Å². The highest BCUT2D eigenvalue weighted by molar-refractivity contribution is 5.70. The number of hydrogen-bond acceptors (Lipinski definition) is 5. The van der Waals surface area contributed by atoms with Crippen LogP contribution in [-0.2, 0) is 23.8 Å². The summed E-state index contributed by atoms with van der Waals surface area (Å²) < 4.78 is 17.4. The number of unbranched alkanes of at least 4 members (excludes halogenated alkanes) is 19. The molecule has 0 bridgehead atoms. The first kappa shape index (κ1) is 64.3. The maximum Gasteiger partial charge on any atom is 0.306 e. The second-order valence-electron chi connectivity index (χ2n) is 18.1. The molecule has 0 aromatic heterocycles. The van der Waals surface area contributed by atoms with Gasteiger partial charge in [-0.1, -0.05) is 226 Å². The molecule has 0 saturated carbocycles. The van der Waals surface area contributed by atoms with E-state index in [4.69, 9.17) is 14.2 Å². The van der Waals surface area contributed by atoms with Crippen LogP contribution in [0.4, 0.5) is 0 Å². The monoisotopic (exact) mass is 941 g/mol. The minimum atomic E-state index is -0.582. The lowest BCUT2D eigenvalue weighted by molar-refractivity contribution is -0.163. The fourth-order valence-corrected chi connectivity index (χ4v) is 7.35. The third-order valence-corrected chi connectivity index (χ3v) is 11.5. The molecule has 1 atom stereocenters. The van der Waals surface area contributed by atoms with Crippen LogP contribution in [0.25, 0.3) is 0 Å². The predicted molar refractivity (Wildman–Crippen MR) is 297 cm³/mol. The normalized spacial score (nSPS) is 13.2. The first-order valence-electron chi connectivity index (χ1n) is 28.1. The van der Waals surface area contributed by atoms with Gasteiger partial charge in [-0.2, -0.15) is 0 Å². The van der Waals surface area contributed by atoms with Gasteiger partial charge in [0.05, 0.1) is 6.61 Å². The molecule has 1 unspecified atom stereocenters. The summed E-state index contributed by atoms with van der Waals surface area (Å²) in [5.74, 6) is -0.497. The van der Waals surface area contributed by atoms with Crippen LogP contribution in [0.2, 0.25) is 0 Å². The molecule has 0 spiro atoms. The minimum absolute atomic E-state index is 0.0377. The molecule has 0 aliphatic carbocycles. The maximum atomic E-state index is 12.8. The van der Waals surface area contributed by atoms with Gasteiger partial charge in [-0.05, 0) is 122 Å². The van der Waals surface area contributed by atoms with Gasteiger partial charge in [0.2, 0.25) is 0 Å². The molecule has 68 heavy (non-hydrogen) atoms. The van der Waals surface area contributed by atoms with E-state index in [1.807, 2.05) is 0 Å². The van der Waals surface area contributed by atoms with Crippen LogP contribution in [0, 0.1) is 0 Å². The summed E-state index contributed by atoms with van der Waals surface area (Å²) in [5.41, 5.74) is 0. The second-order valence-corrected chi connectivity index (χ2v) is 18.1. The van der Waals surface area contributed by atoms with Crippen molar-refractivity contribution in [3.8, 4) is 0 Å². The minimum Gasteiger partial charge on any atom is -0.462 e. The topological polar surface area (TPSA) is 61.8 Å². The highest BCUT2D eigenvalue weighted by atomic mass is 16.6. The lowest BCUT2D eigenvalue weighted by atomic mass is 10.1. The Bertz CT molecular complexity index is 1390. The van der Waals surface area contributed by atoms with E-state index >= 15 is 0 Å². The molecule has 0 saturated heterocycles. The molecular formula is C63H104O5. The van der Waals surface area contributed by atoms with Crippen molar-refractivity contribution in [2.24, 2.45) is 0 Å². The van der Waals surface area contributed by atoms with Crippen molar-refractivity contribution < 1.29 is 23.8 Å². The zero-order valence-electron chi connectivity index (χ0n) is 44.3. The summed E-state index contributed by atoms with van der Waals surface area (Å²) in [6.45, 7) is 7.50. The van der Waals surface area contributed by atoms with Crippen molar-refractivity contribution in [3.05, 3.63) is 122 Å². The zero-order valence-corrected chi connectivity index (χ0v) is 44.3. The molecule has 0 aliphatic rings. The number of esters is 2. The van der Waals surface area contributed by atoms with Gasteiger partial charge >= 0.3 is 11.9 Å².